The molecule has 122 valence electrons. The van der Waals surface area contributed by atoms with Crippen LogP contribution in [0.15, 0.2) is 52.7 Å². The van der Waals surface area contributed by atoms with Gasteiger partial charge in [0.25, 0.3) is 11.8 Å². The van der Waals surface area contributed by atoms with Crippen molar-refractivity contribution in [2.75, 3.05) is 6.61 Å². The predicted octanol–water partition coefficient (Wildman–Crippen LogP) is 1.37. The number of hydrogen-bond donors (Lipinski definition) is 2. The van der Waals surface area contributed by atoms with Gasteiger partial charge in [-0.3, -0.25) is 9.59 Å². The number of nitrogens with two attached hydrogens (primary N) is 1. The van der Waals surface area contributed by atoms with Gasteiger partial charge in [-0.25, -0.2) is 0 Å². The maximum Gasteiger partial charge on any atom is 0.262 e. The van der Waals surface area contributed by atoms with Gasteiger partial charge >= 0.3 is 0 Å². The molecule has 1 heterocycles. The lowest BCUT2D eigenvalue weighted by atomic mass is 10.1. The number of primary amides is 1. The third-order valence-corrected chi connectivity index (χ3v) is 2.94. The van der Waals surface area contributed by atoms with Crippen LogP contribution in [-0.2, 0) is 16.1 Å². The SMILES string of the molecule is N#CC(=Cc1ccc(OCC(N)=O)cc1)C(=O)NCc1ccco1. The van der Waals surface area contributed by atoms with Crippen LogP contribution in [0.1, 0.15) is 11.3 Å². The molecule has 1 aromatic carbocycles. The van der Waals surface area contributed by atoms with E-state index in [2.05, 4.69) is 5.32 Å². The molecule has 0 spiro atoms. The van der Waals surface area contributed by atoms with E-state index in [9.17, 15) is 9.59 Å². The number of nitrogens with zero attached hydrogens (tertiary/aromatic N) is 1. The lowest BCUT2D eigenvalue weighted by molar-refractivity contribution is -0.120. The van der Waals surface area contributed by atoms with E-state index in [0.717, 1.165) is 0 Å². The van der Waals surface area contributed by atoms with E-state index in [0.29, 0.717) is 17.1 Å². The van der Waals surface area contributed by atoms with Crippen LogP contribution in [0, 0.1) is 11.3 Å². The molecule has 0 atom stereocenters. The van der Waals surface area contributed by atoms with Gasteiger partial charge in [0.1, 0.15) is 23.2 Å². The van der Waals surface area contributed by atoms with Crippen molar-refractivity contribution in [2.45, 2.75) is 6.54 Å². The number of carbonyl (C=O) groups excluding carboxylic acids is 2. The molecule has 3 N–H and O–H groups in total. The van der Waals surface area contributed by atoms with Gasteiger partial charge in [-0.2, -0.15) is 5.26 Å². The molecule has 2 amide bonds. The summed E-state index contributed by atoms with van der Waals surface area (Å²) in [6.45, 7) is -0.0153. The third kappa shape index (κ3) is 5.03. The summed E-state index contributed by atoms with van der Waals surface area (Å²) < 4.78 is 10.2. The Kier molecular flexibility index (Phi) is 5.75. The van der Waals surface area contributed by atoms with Crippen LogP contribution in [-0.4, -0.2) is 18.4 Å². The van der Waals surface area contributed by atoms with Crippen molar-refractivity contribution in [3.63, 3.8) is 0 Å². The molecular weight excluding hydrogens is 310 g/mol. The Hall–Kier alpha value is -3.53. The lowest BCUT2D eigenvalue weighted by Gasteiger charge is -2.04. The number of carbonyl (C=O) groups is 2. The number of amides is 2. The highest BCUT2D eigenvalue weighted by molar-refractivity contribution is 6.01. The summed E-state index contributed by atoms with van der Waals surface area (Å²) in [6.07, 6.45) is 2.96. The van der Waals surface area contributed by atoms with Crippen LogP contribution in [0.5, 0.6) is 5.75 Å². The Morgan fingerprint density at radius 3 is 2.62 bits per heavy atom. The highest BCUT2D eigenvalue weighted by Gasteiger charge is 2.09. The largest absolute Gasteiger partial charge is 0.484 e. The van der Waals surface area contributed by atoms with Crippen molar-refractivity contribution in [3.05, 3.63) is 59.6 Å². The molecule has 0 radical (unpaired) electrons. The van der Waals surface area contributed by atoms with Crippen molar-refractivity contribution >= 4 is 17.9 Å². The first-order valence-electron chi connectivity index (χ1n) is 7.02. The van der Waals surface area contributed by atoms with Crippen LogP contribution in [0.3, 0.4) is 0 Å². The smallest absolute Gasteiger partial charge is 0.262 e. The number of rotatable bonds is 7. The summed E-state index contributed by atoms with van der Waals surface area (Å²) in [6, 6.07) is 11.8. The molecule has 0 fully saturated rings. The molecule has 0 unspecified atom stereocenters. The van der Waals surface area contributed by atoms with E-state index in [1.807, 2.05) is 6.07 Å². The summed E-state index contributed by atoms with van der Waals surface area (Å²) in [5, 5.41) is 11.7. The molecule has 0 aliphatic carbocycles. The molecule has 2 aromatic rings. The maximum absolute atomic E-state index is 12.0. The monoisotopic (exact) mass is 325 g/mol. The minimum Gasteiger partial charge on any atom is -0.484 e. The normalized spacial score (nSPS) is 10.7. The Bertz CT molecular complexity index is 771. The molecule has 24 heavy (non-hydrogen) atoms. The Morgan fingerprint density at radius 2 is 2.04 bits per heavy atom. The van der Waals surface area contributed by atoms with Crippen molar-refractivity contribution < 1.29 is 18.7 Å². The predicted molar refractivity (Wildman–Crippen MR) is 85.3 cm³/mol. The fourth-order valence-electron chi connectivity index (χ4n) is 1.81. The van der Waals surface area contributed by atoms with Gasteiger partial charge in [0.15, 0.2) is 6.61 Å². The lowest BCUT2D eigenvalue weighted by Crippen LogP contribution is -2.23. The Balaban J connectivity index is 1.99. The van der Waals surface area contributed by atoms with E-state index in [1.165, 1.54) is 12.3 Å². The minimum absolute atomic E-state index is 0.0349. The van der Waals surface area contributed by atoms with Gasteiger partial charge in [-0.15, -0.1) is 0 Å². The second-order valence-electron chi connectivity index (χ2n) is 4.76. The van der Waals surface area contributed by atoms with Crippen LogP contribution < -0.4 is 15.8 Å². The molecule has 0 bridgehead atoms. The highest BCUT2D eigenvalue weighted by Crippen LogP contribution is 2.14. The molecular formula is C17H15N3O4. The van der Waals surface area contributed by atoms with E-state index >= 15 is 0 Å². The average Bonchev–Trinajstić information content (AvgIpc) is 3.10. The van der Waals surface area contributed by atoms with Crippen molar-refractivity contribution in [1.29, 1.82) is 5.26 Å². The van der Waals surface area contributed by atoms with Crippen LogP contribution >= 0.6 is 0 Å². The first kappa shape index (κ1) is 16.8. The summed E-state index contributed by atoms with van der Waals surface area (Å²) in [7, 11) is 0. The van der Waals surface area contributed by atoms with Crippen LogP contribution in [0.4, 0.5) is 0 Å². The average molecular weight is 325 g/mol. The summed E-state index contributed by atoms with van der Waals surface area (Å²) >= 11 is 0. The van der Waals surface area contributed by atoms with E-state index in [-0.39, 0.29) is 18.7 Å². The van der Waals surface area contributed by atoms with Crippen molar-refractivity contribution in [3.8, 4) is 11.8 Å². The first-order chi connectivity index (χ1) is 11.6. The van der Waals surface area contributed by atoms with Gasteiger partial charge in [-0.05, 0) is 35.9 Å². The molecule has 2 rings (SSSR count). The van der Waals surface area contributed by atoms with E-state index in [4.69, 9.17) is 20.1 Å². The first-order valence-corrected chi connectivity index (χ1v) is 7.02. The standard InChI is InChI=1S/C17H15N3O4/c18-9-13(17(22)20-10-15-2-1-7-23-15)8-12-3-5-14(6-4-12)24-11-16(19)21/h1-8H,10-11H2,(H2,19,21)(H,20,22). The molecule has 0 saturated heterocycles. The molecule has 0 aliphatic rings. The summed E-state index contributed by atoms with van der Waals surface area (Å²) in [4.78, 5) is 22.6. The second kappa shape index (κ2) is 8.19. The minimum atomic E-state index is -0.570. The van der Waals surface area contributed by atoms with Gasteiger partial charge in [0, 0.05) is 0 Å². The number of hydrogen-bond acceptors (Lipinski definition) is 5. The van der Waals surface area contributed by atoms with Gasteiger partial charge in [0.2, 0.25) is 0 Å². The molecule has 0 saturated carbocycles. The quantitative estimate of drug-likeness (QED) is 0.588. The molecule has 7 heteroatoms. The number of benzene rings is 1. The number of nitrogens with one attached hydrogen (secondary N) is 1. The fraction of sp³-hybridized carbons (Fsp3) is 0.118. The Morgan fingerprint density at radius 1 is 1.29 bits per heavy atom. The zero-order valence-electron chi connectivity index (χ0n) is 12.7. The van der Waals surface area contributed by atoms with Crippen LogP contribution in [0.2, 0.25) is 0 Å². The highest BCUT2D eigenvalue weighted by atomic mass is 16.5. The van der Waals surface area contributed by atoms with Crippen molar-refractivity contribution in [2.24, 2.45) is 5.73 Å². The van der Waals surface area contributed by atoms with Gasteiger partial charge in [0.05, 0.1) is 12.8 Å². The zero-order valence-corrected chi connectivity index (χ0v) is 12.7. The second-order valence-corrected chi connectivity index (χ2v) is 4.76. The summed E-state index contributed by atoms with van der Waals surface area (Å²) in [5.74, 6) is -0.00903. The molecule has 0 aliphatic heterocycles. The van der Waals surface area contributed by atoms with Crippen LogP contribution in [0.25, 0.3) is 6.08 Å². The molecule has 1 aromatic heterocycles. The Labute approximate surface area is 138 Å². The maximum atomic E-state index is 12.0. The zero-order chi connectivity index (χ0) is 17.4. The fourth-order valence-corrected chi connectivity index (χ4v) is 1.81. The van der Waals surface area contributed by atoms with Gasteiger partial charge in [-0.1, -0.05) is 12.1 Å². The summed E-state index contributed by atoms with van der Waals surface area (Å²) in [5.41, 5.74) is 5.60. The van der Waals surface area contributed by atoms with E-state index in [1.54, 1.807) is 36.4 Å². The van der Waals surface area contributed by atoms with E-state index < -0.39 is 11.8 Å². The van der Waals surface area contributed by atoms with Crippen molar-refractivity contribution in [1.82, 2.24) is 5.32 Å². The molecule has 7 nitrogen and oxygen atoms in total. The topological polar surface area (TPSA) is 118 Å². The number of nitriles is 1. The van der Waals surface area contributed by atoms with Gasteiger partial charge < -0.3 is 20.2 Å². The number of furan rings is 1. The number of ether oxygens (including phenoxy) is 1. The third-order valence-electron chi connectivity index (χ3n) is 2.94.